The van der Waals surface area contributed by atoms with Crippen LogP contribution in [0, 0.1) is 0 Å². The van der Waals surface area contributed by atoms with Crippen molar-refractivity contribution >= 4 is 6.03 Å². The number of unbranched alkanes of at least 4 members (excludes halogenated alkanes) is 4. The minimum absolute atomic E-state index is 0.602. The third kappa shape index (κ3) is 18.3. The first-order chi connectivity index (χ1) is 6.22. The Morgan fingerprint density at radius 2 is 1.38 bits per heavy atom. The van der Waals surface area contributed by atoms with Gasteiger partial charge < -0.3 is 0 Å². The Balaban J connectivity index is 0. The summed E-state index contributed by atoms with van der Waals surface area (Å²) in [5.41, 5.74) is 3.48. The number of amides is 2. The van der Waals surface area contributed by atoms with Gasteiger partial charge in [-0.3, -0.25) is 10.9 Å². The van der Waals surface area contributed by atoms with Crippen molar-refractivity contribution in [3.05, 3.63) is 0 Å². The van der Waals surface area contributed by atoms with Crippen LogP contribution < -0.4 is 22.5 Å². The molecule has 0 aliphatic rings. The highest BCUT2D eigenvalue weighted by molar-refractivity contribution is 5.72. The zero-order valence-corrected chi connectivity index (χ0v) is 8.60. The summed E-state index contributed by atoms with van der Waals surface area (Å²) < 4.78 is 0. The molecule has 0 heterocycles. The van der Waals surface area contributed by atoms with Crippen molar-refractivity contribution in [3.63, 3.8) is 0 Å². The van der Waals surface area contributed by atoms with E-state index in [4.69, 9.17) is 0 Å². The third-order valence-corrected chi connectivity index (χ3v) is 1.47. The van der Waals surface area contributed by atoms with Gasteiger partial charge in [-0.2, -0.15) is 0 Å². The van der Waals surface area contributed by atoms with Gasteiger partial charge in [0.05, 0.1) is 0 Å². The van der Waals surface area contributed by atoms with Gasteiger partial charge in [0, 0.05) is 0 Å². The molecule has 0 atom stereocenters. The van der Waals surface area contributed by atoms with Gasteiger partial charge in [0.25, 0.3) is 0 Å². The van der Waals surface area contributed by atoms with Gasteiger partial charge in [-0.05, 0) is 0 Å². The maximum absolute atomic E-state index is 9.71. The van der Waals surface area contributed by atoms with Crippen LogP contribution in [0.25, 0.3) is 0 Å². The predicted octanol–water partition coefficient (Wildman–Crippen LogP) is 1.01. The number of hydrazine groups is 2. The lowest BCUT2D eigenvalue weighted by molar-refractivity contribution is 0.241. The van der Waals surface area contributed by atoms with Crippen LogP contribution in [0.3, 0.4) is 0 Å². The second-order valence-electron chi connectivity index (χ2n) is 2.68. The molecular weight excluding hydrogens is 168 g/mol. The van der Waals surface area contributed by atoms with Crippen LogP contribution in [0.4, 0.5) is 4.79 Å². The molecule has 5 heteroatoms. The van der Waals surface area contributed by atoms with Crippen LogP contribution in [0.5, 0.6) is 0 Å². The molecule has 0 saturated heterocycles. The normalized spacial score (nSPS) is 8.31. The summed E-state index contributed by atoms with van der Waals surface area (Å²) in [4.78, 5) is 9.71. The molecule has 0 unspecified atom stereocenters. The number of hydrogen-bond donors (Lipinski definition) is 4. The molecule has 0 radical (unpaired) electrons. The minimum Gasteiger partial charge on any atom is -0.275 e. The third-order valence-electron chi connectivity index (χ3n) is 1.47. The smallest absolute Gasteiger partial charge is 0.275 e. The Morgan fingerprint density at radius 3 is 1.54 bits per heavy atom. The lowest BCUT2D eigenvalue weighted by Gasteiger charge is -1.90. The second kappa shape index (κ2) is 13.8. The van der Waals surface area contributed by atoms with Crippen molar-refractivity contribution in [3.8, 4) is 0 Å². The second-order valence-corrected chi connectivity index (χ2v) is 2.68. The number of carbonyl (C=O) groups excluding carboxylic acids is 1. The number of nitrogens with one attached hydrogen (secondary N) is 2. The van der Waals surface area contributed by atoms with Crippen LogP contribution in [0.1, 0.15) is 46.0 Å². The topological polar surface area (TPSA) is 93.2 Å². The van der Waals surface area contributed by atoms with Crippen molar-refractivity contribution < 1.29 is 4.79 Å². The Bertz CT molecular complexity index is 98.3. The van der Waals surface area contributed by atoms with E-state index >= 15 is 0 Å². The standard InChI is InChI=1S/C7H16.CH6N4O/c1-3-5-7-6-4-2;2-4-1(6)5-3/h3-7H2,1-2H3;2-3H2,(H2,4,5,6). The molecule has 0 aromatic heterocycles. The van der Waals surface area contributed by atoms with Crippen LogP contribution in [-0.2, 0) is 0 Å². The maximum Gasteiger partial charge on any atom is 0.343 e. The first kappa shape index (κ1) is 14.7. The SMILES string of the molecule is CCCCCCC.NNC(=O)NN. The highest BCUT2D eigenvalue weighted by atomic mass is 16.2. The van der Waals surface area contributed by atoms with Crippen molar-refractivity contribution in [2.24, 2.45) is 11.7 Å². The van der Waals surface area contributed by atoms with Gasteiger partial charge in [0.15, 0.2) is 0 Å². The lowest BCUT2D eigenvalue weighted by Crippen LogP contribution is -2.43. The monoisotopic (exact) mass is 190 g/mol. The molecule has 6 N–H and O–H groups in total. The van der Waals surface area contributed by atoms with Gasteiger partial charge >= 0.3 is 6.03 Å². The highest BCUT2D eigenvalue weighted by Crippen LogP contribution is 2.00. The quantitative estimate of drug-likeness (QED) is 0.231. The molecule has 0 fully saturated rings. The molecule has 2 amide bonds. The summed E-state index contributed by atoms with van der Waals surface area (Å²) in [6.45, 7) is 4.49. The van der Waals surface area contributed by atoms with Crippen LogP contribution in [0.15, 0.2) is 0 Å². The van der Waals surface area contributed by atoms with Crippen LogP contribution in [-0.4, -0.2) is 6.03 Å². The van der Waals surface area contributed by atoms with E-state index in [1.165, 1.54) is 32.1 Å². The molecule has 0 rings (SSSR count). The summed E-state index contributed by atoms with van der Waals surface area (Å²) >= 11 is 0. The number of hydrogen-bond acceptors (Lipinski definition) is 3. The van der Waals surface area contributed by atoms with Gasteiger partial charge in [0.1, 0.15) is 0 Å². The minimum atomic E-state index is -0.602. The fourth-order valence-electron chi connectivity index (χ4n) is 0.718. The summed E-state index contributed by atoms with van der Waals surface area (Å²) in [7, 11) is 0. The van der Waals surface area contributed by atoms with Crippen molar-refractivity contribution in [2.75, 3.05) is 0 Å². The zero-order chi connectivity index (χ0) is 10.5. The molecule has 0 aromatic rings. The molecule has 5 nitrogen and oxygen atoms in total. The average molecular weight is 190 g/mol. The molecular formula is C8H22N4O. The van der Waals surface area contributed by atoms with Crippen LogP contribution in [0.2, 0.25) is 0 Å². The number of nitrogens with two attached hydrogens (primary N) is 2. The fourth-order valence-corrected chi connectivity index (χ4v) is 0.718. The summed E-state index contributed by atoms with van der Waals surface area (Å²) in [6, 6.07) is -0.602. The molecule has 0 spiro atoms. The maximum atomic E-state index is 9.71. The van der Waals surface area contributed by atoms with Crippen LogP contribution >= 0.6 is 0 Å². The van der Waals surface area contributed by atoms with Crippen molar-refractivity contribution in [1.29, 1.82) is 0 Å². The lowest BCUT2D eigenvalue weighted by atomic mass is 10.2. The molecule has 13 heavy (non-hydrogen) atoms. The molecule has 0 aliphatic heterocycles. The van der Waals surface area contributed by atoms with E-state index in [0.717, 1.165) is 0 Å². The largest absolute Gasteiger partial charge is 0.343 e. The average Bonchev–Trinajstić information content (AvgIpc) is 2.18. The van der Waals surface area contributed by atoms with Crippen molar-refractivity contribution in [1.82, 2.24) is 10.9 Å². The number of urea groups is 1. The van der Waals surface area contributed by atoms with E-state index in [-0.39, 0.29) is 0 Å². The van der Waals surface area contributed by atoms with Gasteiger partial charge in [-0.15, -0.1) is 0 Å². The summed E-state index contributed by atoms with van der Waals surface area (Å²) in [5, 5.41) is 0. The highest BCUT2D eigenvalue weighted by Gasteiger charge is 1.83. The molecule has 80 valence electrons. The van der Waals surface area contributed by atoms with E-state index in [1.807, 2.05) is 0 Å². The van der Waals surface area contributed by atoms with Gasteiger partial charge in [-0.25, -0.2) is 16.5 Å². The van der Waals surface area contributed by atoms with Gasteiger partial charge in [-0.1, -0.05) is 46.0 Å². The summed E-state index contributed by atoms with van der Waals surface area (Å²) in [5.74, 6) is 9.08. The van der Waals surface area contributed by atoms with E-state index in [2.05, 4.69) is 25.5 Å². The molecule has 0 saturated carbocycles. The number of rotatable bonds is 4. The van der Waals surface area contributed by atoms with E-state index in [9.17, 15) is 4.79 Å². The molecule has 0 aromatic carbocycles. The van der Waals surface area contributed by atoms with E-state index < -0.39 is 6.03 Å². The summed E-state index contributed by atoms with van der Waals surface area (Å²) in [6.07, 6.45) is 7.01. The first-order valence-corrected chi connectivity index (χ1v) is 4.70. The van der Waals surface area contributed by atoms with E-state index in [1.54, 1.807) is 10.9 Å². The molecule has 0 aliphatic carbocycles. The fraction of sp³-hybridized carbons (Fsp3) is 0.875. The Morgan fingerprint density at radius 1 is 1.00 bits per heavy atom. The van der Waals surface area contributed by atoms with E-state index in [0.29, 0.717) is 0 Å². The number of carbonyl (C=O) groups is 1. The predicted molar refractivity (Wildman–Crippen MR) is 54.5 cm³/mol. The molecule has 0 bridgehead atoms. The van der Waals surface area contributed by atoms with Gasteiger partial charge in [0.2, 0.25) is 0 Å². The Labute approximate surface area is 80.2 Å². The first-order valence-electron chi connectivity index (χ1n) is 4.70. The Kier molecular flexibility index (Phi) is 15.6. The Hall–Kier alpha value is -0.810. The van der Waals surface area contributed by atoms with Crippen molar-refractivity contribution in [2.45, 2.75) is 46.0 Å². The zero-order valence-electron chi connectivity index (χ0n) is 8.60.